The van der Waals surface area contributed by atoms with Crippen LogP contribution in [0.25, 0.3) is 0 Å². The van der Waals surface area contributed by atoms with Crippen LogP contribution < -0.4 is 26.8 Å². The molecule has 0 spiro atoms. The number of ether oxygens (including phenoxy) is 1. The van der Waals surface area contributed by atoms with Gasteiger partial charge >= 0.3 is 18.0 Å². The molecule has 1 aromatic heterocycles. The number of piperazine rings is 1. The second-order valence-corrected chi connectivity index (χ2v) is 11.9. The number of hydrogen-bond donors (Lipinski definition) is 3. The number of aliphatic hydroxyl groups excluding tert-OH is 1. The van der Waals surface area contributed by atoms with Gasteiger partial charge in [-0.1, -0.05) is 36.4 Å². The van der Waals surface area contributed by atoms with E-state index in [0.717, 1.165) is 27.3 Å². The Morgan fingerprint density at radius 2 is 1.78 bits per heavy atom. The Morgan fingerprint density at radius 3 is 2.40 bits per heavy atom. The molecule has 45 heavy (non-hydrogen) atoms. The summed E-state index contributed by atoms with van der Waals surface area (Å²) in [6.45, 7) is 5.79. The van der Waals surface area contributed by atoms with Crippen LogP contribution in [0.3, 0.4) is 0 Å². The van der Waals surface area contributed by atoms with E-state index < -0.39 is 71.2 Å². The van der Waals surface area contributed by atoms with E-state index in [1.807, 2.05) is 0 Å². The molecule has 0 aliphatic carbocycles. The Hall–Kier alpha value is -4.17. The van der Waals surface area contributed by atoms with Crippen LogP contribution in [0.2, 0.25) is 0 Å². The second-order valence-electron chi connectivity index (χ2n) is 11.9. The summed E-state index contributed by atoms with van der Waals surface area (Å²) in [5, 5.41) is 15.6. The number of halogens is 4. The third-order valence-corrected chi connectivity index (χ3v) is 7.45. The van der Waals surface area contributed by atoms with Crippen molar-refractivity contribution in [3.8, 4) is 0 Å². The number of hydrogen-bond acceptors (Lipinski definition) is 7. The van der Waals surface area contributed by atoms with Crippen LogP contribution in [-0.4, -0.2) is 58.2 Å². The highest BCUT2D eigenvalue weighted by atomic mass is 19.4. The van der Waals surface area contributed by atoms with Gasteiger partial charge in [0.25, 0.3) is 5.56 Å². The number of nitrogens with one attached hydrogen (secondary N) is 2. The van der Waals surface area contributed by atoms with Crippen molar-refractivity contribution in [1.82, 2.24) is 19.8 Å². The Balaban J connectivity index is 1.91. The SMILES string of the molecule is Cc1c(N2CCNC(CO)C2)c(=O)n(C[C@H](NC(=O)OC(C)(C)C)c2ccccc2)c(=O)n1Cc1c(F)cccc1C(F)(F)F. The van der Waals surface area contributed by atoms with Crippen LogP contribution in [0.5, 0.6) is 0 Å². The van der Waals surface area contributed by atoms with Crippen molar-refractivity contribution in [2.75, 3.05) is 31.1 Å². The maximum Gasteiger partial charge on any atom is 0.416 e. The highest BCUT2D eigenvalue weighted by molar-refractivity contribution is 5.68. The number of alkyl carbamates (subject to hydrolysis) is 1. The minimum absolute atomic E-state index is 0.0172. The zero-order valence-corrected chi connectivity index (χ0v) is 25.4. The molecule has 2 heterocycles. The number of aromatic nitrogens is 2. The number of carbonyl (C=O) groups is 1. The lowest BCUT2D eigenvalue weighted by molar-refractivity contribution is -0.138. The van der Waals surface area contributed by atoms with Crippen LogP contribution in [0, 0.1) is 12.7 Å². The molecule has 1 saturated heterocycles. The molecule has 4 rings (SSSR count). The Morgan fingerprint density at radius 1 is 1.09 bits per heavy atom. The van der Waals surface area contributed by atoms with E-state index in [2.05, 4.69) is 10.6 Å². The van der Waals surface area contributed by atoms with Gasteiger partial charge in [0.05, 0.1) is 31.3 Å². The molecule has 1 aliphatic rings. The minimum Gasteiger partial charge on any atom is -0.444 e. The summed E-state index contributed by atoms with van der Waals surface area (Å²) in [5.41, 5.74) is -4.01. The van der Waals surface area contributed by atoms with Gasteiger partial charge in [0, 0.05) is 36.9 Å². The third kappa shape index (κ3) is 7.92. The lowest BCUT2D eigenvalue weighted by Gasteiger charge is -2.35. The molecule has 1 amide bonds. The van der Waals surface area contributed by atoms with Crippen molar-refractivity contribution in [3.63, 3.8) is 0 Å². The first-order chi connectivity index (χ1) is 21.1. The van der Waals surface area contributed by atoms with Crippen molar-refractivity contribution in [3.05, 3.63) is 97.6 Å². The standard InChI is InChI=1S/C31H37F4N5O5/c1-19-26(38-14-13-36-21(15-38)18-41)27(42)40(17-25(20-9-6-5-7-10-20)37-28(43)45-30(2,3)4)29(44)39(19)16-22-23(31(33,34)35)11-8-12-24(22)32/h5-12,21,25,36,41H,13-18H2,1-4H3,(H,37,43)/t21?,25-/m0/s1. The van der Waals surface area contributed by atoms with Gasteiger partial charge in [-0.15, -0.1) is 0 Å². The van der Waals surface area contributed by atoms with Gasteiger partial charge in [-0.2, -0.15) is 13.2 Å². The van der Waals surface area contributed by atoms with Crippen LogP contribution in [0.15, 0.2) is 58.1 Å². The highest BCUT2D eigenvalue weighted by Crippen LogP contribution is 2.33. The largest absolute Gasteiger partial charge is 0.444 e. The van der Waals surface area contributed by atoms with Crippen LogP contribution in [-0.2, 0) is 24.0 Å². The van der Waals surface area contributed by atoms with Crippen molar-refractivity contribution >= 4 is 11.8 Å². The summed E-state index contributed by atoms with van der Waals surface area (Å²) in [7, 11) is 0. The van der Waals surface area contributed by atoms with E-state index in [-0.39, 0.29) is 31.1 Å². The molecule has 0 radical (unpaired) electrons. The summed E-state index contributed by atoms with van der Waals surface area (Å²) >= 11 is 0. The van der Waals surface area contributed by atoms with Crippen molar-refractivity contribution in [1.29, 1.82) is 0 Å². The topological polar surface area (TPSA) is 118 Å². The first-order valence-corrected chi connectivity index (χ1v) is 14.4. The maximum absolute atomic E-state index is 15.0. The van der Waals surface area contributed by atoms with Gasteiger partial charge in [-0.25, -0.2) is 14.0 Å². The van der Waals surface area contributed by atoms with E-state index >= 15 is 0 Å². The minimum atomic E-state index is -4.91. The molecule has 3 N–H and O–H groups in total. The predicted molar refractivity (Wildman–Crippen MR) is 160 cm³/mol. The third-order valence-electron chi connectivity index (χ3n) is 7.45. The molecular weight excluding hydrogens is 598 g/mol. The van der Waals surface area contributed by atoms with Crippen LogP contribution in [0.1, 0.15) is 49.2 Å². The highest BCUT2D eigenvalue weighted by Gasteiger charge is 2.35. The van der Waals surface area contributed by atoms with Gasteiger partial charge in [-0.05, 0) is 45.4 Å². The molecule has 1 unspecified atom stereocenters. The van der Waals surface area contributed by atoms with Gasteiger partial charge in [-0.3, -0.25) is 13.9 Å². The molecule has 2 atom stereocenters. The van der Waals surface area contributed by atoms with Gasteiger partial charge in [0.15, 0.2) is 0 Å². The summed E-state index contributed by atoms with van der Waals surface area (Å²) in [5.74, 6) is -1.16. The van der Waals surface area contributed by atoms with Crippen LogP contribution >= 0.6 is 0 Å². The van der Waals surface area contributed by atoms with Gasteiger partial charge < -0.3 is 25.4 Å². The van der Waals surface area contributed by atoms with E-state index in [9.17, 15) is 37.1 Å². The zero-order valence-electron chi connectivity index (χ0n) is 25.4. The fraction of sp³-hybridized carbons (Fsp3) is 0.452. The second kappa shape index (κ2) is 13.4. The number of amides is 1. The summed E-state index contributed by atoms with van der Waals surface area (Å²) < 4.78 is 63.9. The number of carbonyl (C=O) groups excluding carboxylic acids is 1. The number of alkyl halides is 3. The number of aliphatic hydroxyl groups is 1. The summed E-state index contributed by atoms with van der Waals surface area (Å²) in [6.07, 6.45) is -5.72. The predicted octanol–water partition coefficient (Wildman–Crippen LogP) is 3.56. The van der Waals surface area contributed by atoms with Gasteiger partial charge in [0.1, 0.15) is 17.1 Å². The lowest BCUT2D eigenvalue weighted by Crippen LogP contribution is -2.55. The average molecular weight is 636 g/mol. The Bertz CT molecular complexity index is 1630. The smallest absolute Gasteiger partial charge is 0.416 e. The Kier molecular flexibility index (Phi) is 10.1. The van der Waals surface area contributed by atoms with E-state index in [0.29, 0.717) is 12.1 Å². The Labute approximate surface area is 257 Å². The number of rotatable bonds is 8. The molecule has 0 bridgehead atoms. The van der Waals surface area contributed by atoms with Crippen molar-refractivity contribution in [2.24, 2.45) is 0 Å². The molecule has 2 aromatic carbocycles. The molecule has 14 heteroatoms. The van der Waals surface area contributed by atoms with E-state index in [4.69, 9.17) is 4.74 Å². The zero-order chi connectivity index (χ0) is 33.1. The normalized spacial score (nSPS) is 16.4. The number of benzene rings is 2. The first-order valence-electron chi connectivity index (χ1n) is 14.4. The van der Waals surface area contributed by atoms with Crippen molar-refractivity contribution < 1.29 is 32.2 Å². The fourth-order valence-corrected chi connectivity index (χ4v) is 5.34. The molecule has 1 aliphatic heterocycles. The monoisotopic (exact) mass is 635 g/mol. The van der Waals surface area contributed by atoms with E-state index in [1.54, 1.807) is 56.0 Å². The molecule has 0 saturated carbocycles. The van der Waals surface area contributed by atoms with E-state index in [1.165, 1.54) is 6.92 Å². The first kappa shape index (κ1) is 33.7. The quantitative estimate of drug-likeness (QED) is 0.324. The number of nitrogens with zero attached hydrogens (tertiary/aromatic N) is 3. The summed E-state index contributed by atoms with van der Waals surface area (Å²) in [4.78, 5) is 42.6. The summed E-state index contributed by atoms with van der Waals surface area (Å²) in [6, 6.07) is 9.66. The molecule has 3 aromatic rings. The van der Waals surface area contributed by atoms with Crippen LogP contribution in [0.4, 0.5) is 28.0 Å². The molecule has 244 valence electrons. The van der Waals surface area contributed by atoms with Crippen molar-refractivity contribution in [2.45, 2.75) is 64.6 Å². The maximum atomic E-state index is 15.0. The lowest BCUT2D eigenvalue weighted by atomic mass is 10.1. The number of anilines is 1. The molecule has 10 nitrogen and oxygen atoms in total. The molecule has 1 fully saturated rings. The van der Waals surface area contributed by atoms with Gasteiger partial charge in [0.2, 0.25) is 0 Å². The average Bonchev–Trinajstić information content (AvgIpc) is 2.96. The molecular formula is C31H37F4N5O5. The fourth-order valence-electron chi connectivity index (χ4n) is 5.34.